The summed E-state index contributed by atoms with van der Waals surface area (Å²) in [6.07, 6.45) is 5.12. The Labute approximate surface area is 209 Å². The van der Waals surface area contributed by atoms with Crippen molar-refractivity contribution in [3.05, 3.63) is 95.6 Å². The number of rotatable bonds is 4. The van der Waals surface area contributed by atoms with E-state index < -0.39 is 8.07 Å². The molecule has 1 fully saturated rings. The van der Waals surface area contributed by atoms with Gasteiger partial charge in [0.2, 0.25) is 0 Å². The molecule has 2 atom stereocenters. The molecule has 35 heavy (non-hydrogen) atoms. The summed E-state index contributed by atoms with van der Waals surface area (Å²) in [6.45, 7) is 7.54. The third-order valence-corrected chi connectivity index (χ3v) is 10.1. The van der Waals surface area contributed by atoms with E-state index in [9.17, 15) is 4.79 Å². The van der Waals surface area contributed by atoms with Crippen LogP contribution in [0.1, 0.15) is 41.9 Å². The summed E-state index contributed by atoms with van der Waals surface area (Å²) in [6, 6.07) is 26.5. The Morgan fingerprint density at radius 3 is 2.11 bits per heavy atom. The number of benzene rings is 3. The monoisotopic (exact) mass is 479 g/mol. The minimum atomic E-state index is -1.30. The van der Waals surface area contributed by atoms with Crippen LogP contribution in [0.2, 0.25) is 19.6 Å². The lowest BCUT2D eigenvalue weighted by atomic mass is 9.95. The summed E-state index contributed by atoms with van der Waals surface area (Å²) < 4.78 is 6.02. The Morgan fingerprint density at radius 1 is 0.886 bits per heavy atom. The van der Waals surface area contributed by atoms with Crippen molar-refractivity contribution in [3.8, 4) is 11.1 Å². The Hall–Kier alpha value is -3.11. The zero-order valence-electron chi connectivity index (χ0n) is 20.8. The van der Waals surface area contributed by atoms with E-state index >= 15 is 0 Å². The minimum Gasteiger partial charge on any atom is -0.448 e. The molecule has 2 bridgehead atoms. The second-order valence-electron chi connectivity index (χ2n) is 11.2. The molecule has 178 valence electrons. The van der Waals surface area contributed by atoms with Crippen LogP contribution in [0.15, 0.2) is 78.9 Å². The Kier molecular flexibility index (Phi) is 5.45. The number of ether oxygens (including phenoxy) is 1. The van der Waals surface area contributed by atoms with Gasteiger partial charge in [-0.25, -0.2) is 4.79 Å². The van der Waals surface area contributed by atoms with E-state index in [1.807, 2.05) is 4.90 Å². The smallest absolute Gasteiger partial charge is 0.410 e. The Balaban J connectivity index is 1.18. The third-order valence-electron chi connectivity index (χ3n) is 8.06. The molecule has 3 aromatic rings. The van der Waals surface area contributed by atoms with Gasteiger partial charge in [-0.2, -0.15) is 0 Å². The van der Waals surface area contributed by atoms with Gasteiger partial charge >= 0.3 is 6.09 Å². The van der Waals surface area contributed by atoms with E-state index in [4.69, 9.17) is 4.74 Å². The highest BCUT2D eigenvalue weighted by atomic mass is 28.3. The van der Waals surface area contributed by atoms with Crippen LogP contribution in [-0.4, -0.2) is 37.8 Å². The van der Waals surface area contributed by atoms with E-state index in [1.165, 1.54) is 38.6 Å². The second kappa shape index (κ2) is 8.53. The first-order chi connectivity index (χ1) is 16.9. The molecule has 3 nitrogen and oxygen atoms in total. The number of amides is 1. The normalized spacial score (nSPS) is 20.9. The van der Waals surface area contributed by atoms with E-state index in [1.54, 1.807) is 0 Å². The highest BCUT2D eigenvalue weighted by Crippen LogP contribution is 2.45. The largest absolute Gasteiger partial charge is 0.448 e. The summed E-state index contributed by atoms with van der Waals surface area (Å²) in [5, 5.41) is 1.49. The molecule has 3 aliphatic rings. The van der Waals surface area contributed by atoms with E-state index in [0.717, 1.165) is 19.3 Å². The molecule has 1 saturated heterocycles. The van der Waals surface area contributed by atoms with Crippen molar-refractivity contribution in [2.24, 2.45) is 0 Å². The predicted molar refractivity (Wildman–Crippen MR) is 146 cm³/mol. The van der Waals surface area contributed by atoms with Gasteiger partial charge in [-0.3, -0.25) is 4.90 Å². The highest BCUT2D eigenvalue weighted by molar-refractivity contribution is 6.88. The molecule has 1 aliphatic carbocycles. The lowest BCUT2D eigenvalue weighted by molar-refractivity contribution is 0.0866. The lowest BCUT2D eigenvalue weighted by Crippen LogP contribution is -2.43. The van der Waals surface area contributed by atoms with Crippen LogP contribution in [0.3, 0.4) is 0 Å². The fourth-order valence-electron chi connectivity index (χ4n) is 6.18. The maximum Gasteiger partial charge on any atom is 0.410 e. The molecule has 2 aliphatic heterocycles. The number of nitrogens with zero attached hydrogens (tertiary/aromatic N) is 1. The number of carbonyl (C=O) groups is 1. The molecule has 0 spiro atoms. The zero-order chi connectivity index (χ0) is 24.2. The van der Waals surface area contributed by atoms with Gasteiger partial charge < -0.3 is 4.74 Å². The van der Waals surface area contributed by atoms with Crippen LogP contribution in [0.5, 0.6) is 0 Å². The number of hydrogen-bond acceptors (Lipinski definition) is 2. The molecular weight excluding hydrogens is 446 g/mol. The van der Waals surface area contributed by atoms with Gasteiger partial charge in [-0.05, 0) is 52.7 Å². The number of carbonyl (C=O) groups excluding carboxylic acids is 1. The SMILES string of the molecule is C[Si](C)(C)c1ccc(C2=CC3CCC(C2)N3C(=O)OCC2c3ccccc3-c3ccccc32)cc1. The Morgan fingerprint density at radius 2 is 1.51 bits per heavy atom. The molecular formula is C31H33NO2Si. The van der Waals surface area contributed by atoms with Crippen molar-refractivity contribution in [1.82, 2.24) is 4.90 Å². The van der Waals surface area contributed by atoms with E-state index in [0.29, 0.717) is 6.61 Å². The first-order valence-electron chi connectivity index (χ1n) is 12.8. The van der Waals surface area contributed by atoms with Crippen LogP contribution in [-0.2, 0) is 4.74 Å². The molecule has 0 aromatic heterocycles. The van der Waals surface area contributed by atoms with Crippen molar-refractivity contribution in [1.29, 1.82) is 0 Å². The third kappa shape index (κ3) is 3.94. The van der Waals surface area contributed by atoms with Gasteiger partial charge in [0.15, 0.2) is 0 Å². The first-order valence-corrected chi connectivity index (χ1v) is 16.3. The van der Waals surface area contributed by atoms with Gasteiger partial charge in [0, 0.05) is 12.0 Å². The molecule has 2 unspecified atom stereocenters. The van der Waals surface area contributed by atoms with Crippen LogP contribution < -0.4 is 5.19 Å². The predicted octanol–water partition coefficient (Wildman–Crippen LogP) is 6.80. The van der Waals surface area contributed by atoms with Crippen molar-refractivity contribution in [3.63, 3.8) is 0 Å². The van der Waals surface area contributed by atoms with Crippen molar-refractivity contribution >= 4 is 24.9 Å². The summed E-state index contributed by atoms with van der Waals surface area (Å²) in [7, 11) is -1.30. The number of fused-ring (bicyclic) bond motifs is 5. The summed E-state index contributed by atoms with van der Waals surface area (Å²) in [5.41, 5.74) is 7.71. The topological polar surface area (TPSA) is 29.5 Å². The summed E-state index contributed by atoms with van der Waals surface area (Å²) in [4.78, 5) is 15.3. The van der Waals surface area contributed by atoms with E-state index in [2.05, 4.69) is 98.5 Å². The van der Waals surface area contributed by atoms with Gasteiger partial charge in [-0.15, -0.1) is 0 Å². The maximum absolute atomic E-state index is 13.3. The molecule has 6 rings (SSSR count). The fourth-order valence-corrected chi connectivity index (χ4v) is 7.35. The Bertz CT molecular complexity index is 1260. The highest BCUT2D eigenvalue weighted by Gasteiger charge is 2.41. The minimum absolute atomic E-state index is 0.102. The van der Waals surface area contributed by atoms with Gasteiger partial charge in [0.05, 0.1) is 14.1 Å². The number of hydrogen-bond donors (Lipinski definition) is 0. The molecule has 3 aromatic carbocycles. The van der Waals surface area contributed by atoms with E-state index in [-0.39, 0.29) is 24.1 Å². The standard InChI is InChI=1S/C31H33NO2Si/c1-35(2,3)25-16-12-21(13-17-25)22-18-23-14-15-24(19-22)32(23)31(33)34-20-30-28-10-6-4-8-26(28)27-9-5-7-11-29(27)30/h4-13,16-18,23-24,30H,14-15,19-20H2,1-3H3. The van der Waals surface area contributed by atoms with Gasteiger partial charge in [0.1, 0.15) is 6.61 Å². The summed E-state index contributed by atoms with van der Waals surface area (Å²) >= 11 is 0. The van der Waals surface area contributed by atoms with Crippen LogP contribution >= 0.6 is 0 Å². The average Bonchev–Trinajstić information content (AvgIpc) is 3.32. The van der Waals surface area contributed by atoms with Crippen molar-refractivity contribution in [2.75, 3.05) is 6.61 Å². The quantitative estimate of drug-likeness (QED) is 0.385. The van der Waals surface area contributed by atoms with Crippen LogP contribution in [0, 0.1) is 0 Å². The molecule has 1 amide bonds. The summed E-state index contributed by atoms with van der Waals surface area (Å²) in [5.74, 6) is 0.102. The molecule has 0 N–H and O–H groups in total. The van der Waals surface area contributed by atoms with Crippen LogP contribution in [0.4, 0.5) is 4.79 Å². The van der Waals surface area contributed by atoms with Crippen molar-refractivity contribution in [2.45, 2.75) is 56.9 Å². The maximum atomic E-state index is 13.3. The molecule has 4 heteroatoms. The second-order valence-corrected chi connectivity index (χ2v) is 16.3. The van der Waals surface area contributed by atoms with Crippen LogP contribution in [0.25, 0.3) is 16.7 Å². The zero-order valence-corrected chi connectivity index (χ0v) is 21.8. The molecule has 0 saturated carbocycles. The van der Waals surface area contributed by atoms with Crippen molar-refractivity contribution < 1.29 is 9.53 Å². The van der Waals surface area contributed by atoms with Gasteiger partial charge in [0.25, 0.3) is 0 Å². The molecule has 0 radical (unpaired) electrons. The lowest BCUT2D eigenvalue weighted by Gasteiger charge is -2.33. The average molecular weight is 480 g/mol. The fraction of sp³-hybridized carbons (Fsp3) is 0.323. The van der Waals surface area contributed by atoms with Gasteiger partial charge in [-0.1, -0.05) is 104 Å². The first kappa shape index (κ1) is 22.4. The molecule has 2 heterocycles.